The molecule has 0 atom stereocenters. The van der Waals surface area contributed by atoms with Gasteiger partial charge in [0.05, 0.1) is 11.2 Å². The van der Waals surface area contributed by atoms with E-state index in [-0.39, 0.29) is 17.5 Å². The topological polar surface area (TPSA) is 18.5 Å². The molecule has 1 aliphatic rings. The summed E-state index contributed by atoms with van der Waals surface area (Å²) in [5, 5.41) is 0. The first kappa shape index (κ1) is 10.7. The largest absolute Gasteiger partial charge is 0.343 e. The molecule has 0 fully saturated rings. The van der Waals surface area contributed by atoms with Gasteiger partial charge in [0.25, 0.3) is 0 Å². The highest BCUT2D eigenvalue weighted by molar-refractivity contribution is 5.06. The molecule has 0 unspecified atom stereocenters. The first-order valence-corrected chi connectivity index (χ1v) is 4.91. The van der Waals surface area contributed by atoms with Gasteiger partial charge in [-0.15, -0.1) is 0 Å². The van der Waals surface area contributed by atoms with Gasteiger partial charge < -0.3 is 9.47 Å². The summed E-state index contributed by atoms with van der Waals surface area (Å²) in [6.45, 7) is 10.3. The van der Waals surface area contributed by atoms with E-state index < -0.39 is 0 Å². The number of hydrogen-bond donors (Lipinski definition) is 0. The maximum atomic E-state index is 5.77. The zero-order valence-corrected chi connectivity index (χ0v) is 9.26. The Hall–Kier alpha value is -0.340. The molecule has 0 saturated carbocycles. The van der Waals surface area contributed by atoms with Gasteiger partial charge in [-0.1, -0.05) is 19.1 Å². The van der Waals surface area contributed by atoms with Gasteiger partial charge >= 0.3 is 0 Å². The summed E-state index contributed by atoms with van der Waals surface area (Å²) in [7, 11) is 0. The summed E-state index contributed by atoms with van der Waals surface area (Å²) in [5.41, 5.74) is -0.428. The Balaban J connectivity index is 2.81. The molecule has 2 nitrogen and oxygen atoms in total. The van der Waals surface area contributed by atoms with Crippen molar-refractivity contribution in [3.63, 3.8) is 0 Å². The second-order valence-electron chi connectivity index (χ2n) is 4.61. The van der Waals surface area contributed by atoms with E-state index in [1.165, 1.54) is 0 Å². The molecule has 13 heavy (non-hydrogen) atoms. The highest BCUT2D eigenvalue weighted by Gasteiger charge is 2.29. The third-order valence-electron chi connectivity index (χ3n) is 2.09. The van der Waals surface area contributed by atoms with Crippen LogP contribution >= 0.6 is 0 Å². The summed E-state index contributed by atoms with van der Waals surface area (Å²) >= 11 is 0. The van der Waals surface area contributed by atoms with Crippen LogP contribution in [0, 0.1) is 0 Å². The maximum absolute atomic E-state index is 5.77. The molecular weight excluding hydrogens is 164 g/mol. The van der Waals surface area contributed by atoms with Crippen molar-refractivity contribution in [1.29, 1.82) is 0 Å². The molecule has 0 aromatic rings. The van der Waals surface area contributed by atoms with Gasteiger partial charge in [-0.3, -0.25) is 0 Å². The molecule has 1 aliphatic heterocycles. The quantitative estimate of drug-likeness (QED) is 0.583. The summed E-state index contributed by atoms with van der Waals surface area (Å²) in [6.07, 6.45) is 4.93. The first-order chi connectivity index (χ1) is 5.85. The van der Waals surface area contributed by atoms with Crippen LogP contribution in [0.4, 0.5) is 0 Å². The summed E-state index contributed by atoms with van der Waals surface area (Å²) < 4.78 is 11.5. The highest BCUT2D eigenvalue weighted by Crippen LogP contribution is 2.27. The molecule has 0 radical (unpaired) electrons. The summed E-state index contributed by atoms with van der Waals surface area (Å²) in [5.74, 6) is 0. The molecule has 2 heteroatoms. The average Bonchev–Trinajstić information content (AvgIpc) is 2.08. The van der Waals surface area contributed by atoms with Crippen LogP contribution in [-0.4, -0.2) is 17.5 Å². The summed E-state index contributed by atoms with van der Waals surface area (Å²) in [4.78, 5) is 0. The lowest BCUT2D eigenvalue weighted by Crippen LogP contribution is -2.31. The fourth-order valence-corrected chi connectivity index (χ4v) is 1.35. The first-order valence-electron chi connectivity index (χ1n) is 4.91. The van der Waals surface area contributed by atoms with Crippen LogP contribution < -0.4 is 0 Å². The molecule has 76 valence electrons. The zero-order chi connectivity index (χ0) is 10.1. The lowest BCUT2D eigenvalue weighted by atomic mass is 10.0. The third-order valence-corrected chi connectivity index (χ3v) is 2.09. The predicted octanol–water partition coefficient (Wildman–Crippen LogP) is 2.88. The van der Waals surface area contributed by atoms with Crippen LogP contribution in [0.25, 0.3) is 0 Å². The smallest absolute Gasteiger partial charge is 0.159 e. The zero-order valence-electron chi connectivity index (χ0n) is 9.26. The van der Waals surface area contributed by atoms with Crippen molar-refractivity contribution in [3.8, 4) is 0 Å². The maximum Gasteiger partial charge on any atom is 0.159 e. The normalized spacial score (nSPS) is 27.2. The molecule has 1 rings (SSSR count). The lowest BCUT2D eigenvalue weighted by molar-refractivity contribution is -0.212. The van der Waals surface area contributed by atoms with Gasteiger partial charge in [-0.2, -0.15) is 0 Å². The van der Waals surface area contributed by atoms with E-state index in [1.807, 2.05) is 0 Å². The van der Waals surface area contributed by atoms with Crippen molar-refractivity contribution in [2.24, 2.45) is 0 Å². The van der Waals surface area contributed by atoms with E-state index in [0.29, 0.717) is 0 Å². The third kappa shape index (κ3) is 3.12. The van der Waals surface area contributed by atoms with Crippen LogP contribution in [-0.2, 0) is 9.47 Å². The van der Waals surface area contributed by atoms with Gasteiger partial charge in [0.2, 0.25) is 0 Å². The molecule has 0 aromatic heterocycles. The van der Waals surface area contributed by atoms with Crippen molar-refractivity contribution in [3.05, 3.63) is 12.2 Å². The Kier molecular flexibility index (Phi) is 2.83. The molecular formula is C11H20O2. The fourth-order valence-electron chi connectivity index (χ4n) is 1.35. The molecule has 0 aromatic carbocycles. The number of rotatable bonds is 1. The van der Waals surface area contributed by atoms with E-state index in [1.54, 1.807) is 0 Å². The molecule has 0 spiro atoms. The molecule has 0 amide bonds. The minimum Gasteiger partial charge on any atom is -0.343 e. The van der Waals surface area contributed by atoms with Crippen molar-refractivity contribution in [2.75, 3.05) is 0 Å². The Labute approximate surface area is 80.9 Å². The highest BCUT2D eigenvalue weighted by atomic mass is 16.7. The SMILES string of the molecule is CCC1OC(C)(C)C=CC(C)(C)O1. The molecule has 0 aliphatic carbocycles. The second-order valence-corrected chi connectivity index (χ2v) is 4.61. The number of ether oxygens (including phenoxy) is 2. The van der Waals surface area contributed by atoms with Gasteiger partial charge in [0, 0.05) is 0 Å². The van der Waals surface area contributed by atoms with Gasteiger partial charge in [0.15, 0.2) is 6.29 Å². The van der Waals surface area contributed by atoms with Crippen LogP contribution in [0.5, 0.6) is 0 Å². The minimum atomic E-state index is -0.214. The molecule has 1 heterocycles. The number of hydrogen-bond acceptors (Lipinski definition) is 2. The Morgan fingerprint density at radius 3 is 1.69 bits per heavy atom. The van der Waals surface area contributed by atoms with Gasteiger partial charge in [-0.05, 0) is 34.1 Å². The monoisotopic (exact) mass is 184 g/mol. The van der Waals surface area contributed by atoms with E-state index in [4.69, 9.17) is 9.47 Å². The van der Waals surface area contributed by atoms with Crippen LogP contribution in [0.3, 0.4) is 0 Å². The van der Waals surface area contributed by atoms with Gasteiger partial charge in [0.1, 0.15) is 0 Å². The van der Waals surface area contributed by atoms with Crippen LogP contribution in [0.1, 0.15) is 41.0 Å². The Morgan fingerprint density at radius 2 is 1.38 bits per heavy atom. The lowest BCUT2D eigenvalue weighted by Gasteiger charge is -2.28. The van der Waals surface area contributed by atoms with Crippen LogP contribution in [0.2, 0.25) is 0 Å². The van der Waals surface area contributed by atoms with Crippen molar-refractivity contribution >= 4 is 0 Å². The average molecular weight is 184 g/mol. The van der Waals surface area contributed by atoms with E-state index >= 15 is 0 Å². The van der Waals surface area contributed by atoms with Crippen molar-refractivity contribution < 1.29 is 9.47 Å². The van der Waals surface area contributed by atoms with Gasteiger partial charge in [-0.25, -0.2) is 0 Å². The van der Waals surface area contributed by atoms with E-state index in [0.717, 1.165) is 6.42 Å². The van der Waals surface area contributed by atoms with Crippen molar-refractivity contribution in [1.82, 2.24) is 0 Å². The van der Waals surface area contributed by atoms with Crippen LogP contribution in [0.15, 0.2) is 12.2 Å². The Bertz CT molecular complexity index is 184. The Morgan fingerprint density at radius 1 is 1.00 bits per heavy atom. The fraction of sp³-hybridized carbons (Fsp3) is 0.818. The molecule has 0 saturated heterocycles. The molecule has 0 bridgehead atoms. The van der Waals surface area contributed by atoms with E-state index in [2.05, 4.69) is 46.8 Å². The standard InChI is InChI=1S/C11H20O2/c1-6-9-12-10(2,3)7-8-11(4,5)13-9/h7-9H,6H2,1-5H3. The van der Waals surface area contributed by atoms with E-state index in [9.17, 15) is 0 Å². The summed E-state index contributed by atoms with van der Waals surface area (Å²) in [6, 6.07) is 0. The second kappa shape index (κ2) is 3.43. The predicted molar refractivity (Wildman–Crippen MR) is 53.5 cm³/mol. The molecule has 0 N–H and O–H groups in total. The van der Waals surface area contributed by atoms with Crippen molar-refractivity contribution in [2.45, 2.75) is 58.5 Å². The minimum absolute atomic E-state index is 0.0972.